The Balaban J connectivity index is 1.97. The number of rotatable bonds is 2. The van der Waals surface area contributed by atoms with Crippen LogP contribution in [0.15, 0.2) is 30.5 Å². The van der Waals surface area contributed by atoms with E-state index in [1.807, 2.05) is 18.3 Å². The zero-order valence-corrected chi connectivity index (χ0v) is 8.71. The average molecular weight is 202 g/mol. The zero-order chi connectivity index (χ0) is 10.3. The van der Waals surface area contributed by atoms with Crippen molar-refractivity contribution in [1.82, 2.24) is 10.3 Å². The minimum absolute atomic E-state index is 0.0367. The van der Waals surface area contributed by atoms with Crippen LogP contribution >= 0.6 is 0 Å². The standard InChI is InChI=1S/C12H14N2O/c1-12(7-13-8-12)15-11-6-14-10-5-3-2-4-9(10)11/h2-6,13-14H,7-8H2,1H3. The number of nitrogens with one attached hydrogen (secondary N) is 2. The number of para-hydroxylation sites is 1. The highest BCUT2D eigenvalue weighted by molar-refractivity contribution is 5.85. The highest BCUT2D eigenvalue weighted by Crippen LogP contribution is 2.29. The summed E-state index contributed by atoms with van der Waals surface area (Å²) < 4.78 is 6.00. The average Bonchev–Trinajstić information content (AvgIpc) is 2.60. The van der Waals surface area contributed by atoms with Crippen molar-refractivity contribution < 1.29 is 4.74 Å². The molecule has 1 fully saturated rings. The molecule has 2 N–H and O–H groups in total. The SMILES string of the molecule is CC1(Oc2c[nH]c3ccccc23)CNC1. The Morgan fingerprint density at radius 2 is 2.07 bits per heavy atom. The van der Waals surface area contributed by atoms with Gasteiger partial charge in [-0.2, -0.15) is 0 Å². The molecule has 1 aromatic heterocycles. The van der Waals surface area contributed by atoms with Gasteiger partial charge in [0.2, 0.25) is 0 Å². The highest BCUT2D eigenvalue weighted by atomic mass is 16.5. The number of H-pyrrole nitrogens is 1. The molecule has 3 nitrogen and oxygen atoms in total. The summed E-state index contributed by atoms with van der Waals surface area (Å²) in [4.78, 5) is 3.21. The van der Waals surface area contributed by atoms with E-state index in [1.165, 1.54) is 0 Å². The summed E-state index contributed by atoms with van der Waals surface area (Å²) in [7, 11) is 0. The van der Waals surface area contributed by atoms with E-state index in [1.54, 1.807) is 0 Å². The summed E-state index contributed by atoms with van der Waals surface area (Å²) >= 11 is 0. The van der Waals surface area contributed by atoms with Gasteiger partial charge in [-0.1, -0.05) is 12.1 Å². The lowest BCUT2D eigenvalue weighted by atomic mass is 10.00. The second kappa shape index (κ2) is 3.00. The second-order valence-corrected chi connectivity index (χ2v) is 4.35. The van der Waals surface area contributed by atoms with Crippen LogP contribution in [0.5, 0.6) is 5.75 Å². The third kappa shape index (κ3) is 1.39. The number of hydrogen-bond donors (Lipinski definition) is 2. The lowest BCUT2D eigenvalue weighted by molar-refractivity contribution is 0.0364. The lowest BCUT2D eigenvalue weighted by Crippen LogP contribution is -2.60. The van der Waals surface area contributed by atoms with Crippen LogP contribution < -0.4 is 10.1 Å². The van der Waals surface area contributed by atoms with E-state index in [4.69, 9.17) is 4.74 Å². The number of ether oxygens (including phenoxy) is 1. The van der Waals surface area contributed by atoms with E-state index in [2.05, 4.69) is 29.4 Å². The molecular weight excluding hydrogens is 188 g/mol. The molecule has 0 bridgehead atoms. The van der Waals surface area contributed by atoms with Crippen molar-refractivity contribution >= 4 is 10.9 Å². The molecule has 2 aromatic rings. The quantitative estimate of drug-likeness (QED) is 0.780. The van der Waals surface area contributed by atoms with Crippen LogP contribution in [0.4, 0.5) is 0 Å². The van der Waals surface area contributed by atoms with Gasteiger partial charge in [-0.15, -0.1) is 0 Å². The van der Waals surface area contributed by atoms with Gasteiger partial charge in [0.15, 0.2) is 0 Å². The van der Waals surface area contributed by atoms with E-state index in [-0.39, 0.29) is 5.60 Å². The number of benzene rings is 1. The number of aromatic amines is 1. The summed E-state index contributed by atoms with van der Waals surface area (Å²) in [6.07, 6.45) is 1.94. The molecule has 0 radical (unpaired) electrons. The molecule has 3 heteroatoms. The molecule has 1 saturated heterocycles. The maximum atomic E-state index is 6.00. The van der Waals surface area contributed by atoms with Crippen LogP contribution in [0.25, 0.3) is 10.9 Å². The first-order valence-corrected chi connectivity index (χ1v) is 5.23. The topological polar surface area (TPSA) is 37.0 Å². The Bertz CT molecular complexity index is 485. The number of hydrogen-bond acceptors (Lipinski definition) is 2. The maximum absolute atomic E-state index is 6.00. The molecule has 3 rings (SSSR count). The Morgan fingerprint density at radius 3 is 2.80 bits per heavy atom. The molecule has 0 aliphatic carbocycles. The smallest absolute Gasteiger partial charge is 0.145 e. The highest BCUT2D eigenvalue weighted by Gasteiger charge is 2.34. The van der Waals surface area contributed by atoms with Crippen LogP contribution in [0, 0.1) is 0 Å². The first-order chi connectivity index (χ1) is 7.27. The Labute approximate surface area is 88.4 Å². The van der Waals surface area contributed by atoms with Crippen LogP contribution in [-0.4, -0.2) is 23.7 Å². The van der Waals surface area contributed by atoms with Crippen LogP contribution in [0.2, 0.25) is 0 Å². The van der Waals surface area contributed by atoms with Gasteiger partial charge in [-0.3, -0.25) is 0 Å². The summed E-state index contributed by atoms with van der Waals surface area (Å²) in [6, 6.07) is 8.19. The van der Waals surface area contributed by atoms with E-state index < -0.39 is 0 Å². The van der Waals surface area contributed by atoms with E-state index in [0.717, 1.165) is 29.7 Å². The molecule has 0 atom stereocenters. The lowest BCUT2D eigenvalue weighted by Gasteiger charge is -2.39. The minimum atomic E-state index is -0.0367. The summed E-state index contributed by atoms with van der Waals surface area (Å²) in [5.74, 6) is 0.953. The maximum Gasteiger partial charge on any atom is 0.145 e. The second-order valence-electron chi connectivity index (χ2n) is 4.35. The van der Waals surface area contributed by atoms with Gasteiger partial charge in [0.25, 0.3) is 0 Å². The molecule has 1 aliphatic heterocycles. The molecule has 15 heavy (non-hydrogen) atoms. The Hall–Kier alpha value is -1.48. The van der Waals surface area contributed by atoms with Gasteiger partial charge in [0.1, 0.15) is 11.4 Å². The molecule has 0 saturated carbocycles. The van der Waals surface area contributed by atoms with Gasteiger partial charge in [-0.05, 0) is 19.1 Å². The molecule has 78 valence electrons. The molecule has 1 aliphatic rings. The van der Waals surface area contributed by atoms with E-state index >= 15 is 0 Å². The molecular formula is C12H14N2O. The van der Waals surface area contributed by atoms with Crippen LogP contribution in [-0.2, 0) is 0 Å². The summed E-state index contributed by atoms with van der Waals surface area (Å²) in [5, 5.41) is 4.39. The molecule has 2 heterocycles. The third-order valence-corrected chi connectivity index (χ3v) is 2.91. The van der Waals surface area contributed by atoms with Crippen molar-refractivity contribution in [2.75, 3.05) is 13.1 Å². The van der Waals surface area contributed by atoms with Crippen molar-refractivity contribution in [3.63, 3.8) is 0 Å². The molecule has 1 aromatic carbocycles. The first kappa shape index (κ1) is 8.80. The normalized spacial score (nSPS) is 18.7. The molecule has 0 spiro atoms. The fourth-order valence-electron chi connectivity index (χ4n) is 1.94. The van der Waals surface area contributed by atoms with Gasteiger partial charge in [0, 0.05) is 30.2 Å². The van der Waals surface area contributed by atoms with Crippen molar-refractivity contribution in [2.24, 2.45) is 0 Å². The molecule has 0 unspecified atom stereocenters. The number of fused-ring (bicyclic) bond motifs is 1. The Morgan fingerprint density at radius 1 is 1.27 bits per heavy atom. The van der Waals surface area contributed by atoms with E-state index in [0.29, 0.717) is 0 Å². The van der Waals surface area contributed by atoms with Crippen LogP contribution in [0.3, 0.4) is 0 Å². The first-order valence-electron chi connectivity index (χ1n) is 5.23. The fraction of sp³-hybridized carbons (Fsp3) is 0.333. The van der Waals surface area contributed by atoms with E-state index in [9.17, 15) is 0 Å². The predicted molar refractivity (Wildman–Crippen MR) is 60.2 cm³/mol. The van der Waals surface area contributed by atoms with Gasteiger partial charge < -0.3 is 15.0 Å². The van der Waals surface area contributed by atoms with Gasteiger partial charge >= 0.3 is 0 Å². The fourth-order valence-corrected chi connectivity index (χ4v) is 1.94. The monoisotopic (exact) mass is 202 g/mol. The molecule has 0 amide bonds. The zero-order valence-electron chi connectivity index (χ0n) is 8.71. The summed E-state index contributed by atoms with van der Waals surface area (Å²) in [6.45, 7) is 3.98. The van der Waals surface area contributed by atoms with Gasteiger partial charge in [-0.25, -0.2) is 0 Å². The predicted octanol–water partition coefficient (Wildman–Crippen LogP) is 1.91. The number of aromatic nitrogens is 1. The van der Waals surface area contributed by atoms with Gasteiger partial charge in [0.05, 0.1) is 0 Å². The van der Waals surface area contributed by atoms with Crippen molar-refractivity contribution in [1.29, 1.82) is 0 Å². The minimum Gasteiger partial charge on any atom is -0.483 e. The largest absolute Gasteiger partial charge is 0.483 e. The van der Waals surface area contributed by atoms with Crippen molar-refractivity contribution in [2.45, 2.75) is 12.5 Å². The van der Waals surface area contributed by atoms with Crippen molar-refractivity contribution in [3.8, 4) is 5.75 Å². The third-order valence-electron chi connectivity index (χ3n) is 2.91. The summed E-state index contributed by atoms with van der Waals surface area (Å²) in [5.41, 5.74) is 1.09. The van der Waals surface area contributed by atoms with Crippen LogP contribution in [0.1, 0.15) is 6.92 Å². The van der Waals surface area contributed by atoms with Crippen molar-refractivity contribution in [3.05, 3.63) is 30.5 Å². The Kier molecular flexibility index (Phi) is 1.76.